The average Bonchev–Trinajstić information content (AvgIpc) is 2.97. The van der Waals surface area contributed by atoms with Crippen LogP contribution in [0.15, 0.2) is 36.7 Å². The van der Waals surface area contributed by atoms with E-state index in [2.05, 4.69) is 9.97 Å². The molecule has 0 aliphatic carbocycles. The summed E-state index contributed by atoms with van der Waals surface area (Å²) < 4.78 is 0. The van der Waals surface area contributed by atoms with Gasteiger partial charge in [0.15, 0.2) is 5.78 Å². The van der Waals surface area contributed by atoms with Crippen LogP contribution in [0.5, 0.6) is 0 Å². The molecule has 0 amide bonds. The lowest BCUT2D eigenvalue weighted by Gasteiger charge is -1.98. The fourth-order valence-electron chi connectivity index (χ4n) is 1.85. The first kappa shape index (κ1) is 10.2. The summed E-state index contributed by atoms with van der Waals surface area (Å²) in [6.45, 7) is 1.59. The van der Waals surface area contributed by atoms with E-state index in [9.17, 15) is 4.79 Å². The summed E-state index contributed by atoms with van der Waals surface area (Å²) in [6.07, 6.45) is 3.65. The molecule has 84 valence electrons. The van der Waals surface area contributed by atoms with E-state index >= 15 is 0 Å². The first-order valence-electron chi connectivity index (χ1n) is 5.29. The van der Waals surface area contributed by atoms with Crippen LogP contribution in [0.2, 0.25) is 0 Å². The number of hydrogen-bond donors (Lipinski definition) is 1. The average molecular weight is 242 g/mol. The maximum absolute atomic E-state index is 11.3. The molecule has 3 heterocycles. The highest BCUT2D eigenvalue weighted by molar-refractivity contribution is 7.17. The quantitative estimate of drug-likeness (QED) is 0.699. The van der Waals surface area contributed by atoms with Gasteiger partial charge in [-0.05, 0) is 31.2 Å². The molecular formula is C13H10N2OS. The van der Waals surface area contributed by atoms with Gasteiger partial charge in [-0.25, -0.2) is 4.98 Å². The van der Waals surface area contributed by atoms with Crippen LogP contribution in [0, 0.1) is 0 Å². The minimum atomic E-state index is 0.112. The number of hydrogen-bond acceptors (Lipinski definition) is 3. The second kappa shape index (κ2) is 3.82. The summed E-state index contributed by atoms with van der Waals surface area (Å²) in [5.41, 5.74) is 1.99. The minimum Gasteiger partial charge on any atom is -0.346 e. The number of nitrogens with one attached hydrogen (secondary N) is 1. The van der Waals surface area contributed by atoms with Crippen molar-refractivity contribution in [2.24, 2.45) is 0 Å². The Kier molecular flexibility index (Phi) is 2.30. The molecular weight excluding hydrogens is 232 g/mol. The third kappa shape index (κ3) is 1.66. The van der Waals surface area contributed by atoms with Crippen LogP contribution < -0.4 is 0 Å². The number of pyridine rings is 1. The molecule has 0 aliphatic rings. The fourth-order valence-corrected chi connectivity index (χ4v) is 2.79. The number of Topliss-reactive ketones (excluding diaryl/α,β-unsaturated/α-hetero) is 1. The Morgan fingerprint density at radius 3 is 2.94 bits per heavy atom. The van der Waals surface area contributed by atoms with Gasteiger partial charge in [-0.1, -0.05) is 0 Å². The molecule has 0 unspecified atom stereocenters. The maximum Gasteiger partial charge on any atom is 0.169 e. The molecule has 3 aromatic rings. The van der Waals surface area contributed by atoms with Crippen LogP contribution in [-0.4, -0.2) is 15.8 Å². The van der Waals surface area contributed by atoms with Gasteiger partial charge in [0.2, 0.25) is 0 Å². The second-order valence-electron chi connectivity index (χ2n) is 3.82. The van der Waals surface area contributed by atoms with E-state index in [-0.39, 0.29) is 5.78 Å². The van der Waals surface area contributed by atoms with Crippen molar-refractivity contribution < 1.29 is 4.79 Å². The number of fused-ring (bicyclic) bond motifs is 1. The molecule has 0 bridgehead atoms. The number of aromatic amines is 1. The monoisotopic (exact) mass is 242 g/mol. The van der Waals surface area contributed by atoms with Gasteiger partial charge in [0.1, 0.15) is 5.65 Å². The van der Waals surface area contributed by atoms with Crippen LogP contribution in [0.1, 0.15) is 16.6 Å². The third-order valence-electron chi connectivity index (χ3n) is 2.68. The number of carbonyl (C=O) groups is 1. The smallest absolute Gasteiger partial charge is 0.169 e. The Labute approximate surface area is 102 Å². The van der Waals surface area contributed by atoms with Gasteiger partial charge in [0.25, 0.3) is 0 Å². The van der Waals surface area contributed by atoms with Gasteiger partial charge in [-0.3, -0.25) is 4.79 Å². The molecule has 1 N–H and O–H groups in total. The molecule has 0 saturated carbocycles. The molecule has 0 aromatic carbocycles. The summed E-state index contributed by atoms with van der Waals surface area (Å²) in [6, 6.07) is 7.85. The summed E-state index contributed by atoms with van der Waals surface area (Å²) in [7, 11) is 0. The van der Waals surface area contributed by atoms with Crippen LogP contribution >= 0.6 is 11.3 Å². The van der Waals surface area contributed by atoms with E-state index in [1.165, 1.54) is 11.3 Å². The molecule has 3 nitrogen and oxygen atoms in total. The number of ketones is 1. The number of aromatic nitrogens is 2. The molecule has 0 fully saturated rings. The highest BCUT2D eigenvalue weighted by Crippen LogP contribution is 2.32. The Morgan fingerprint density at radius 1 is 1.29 bits per heavy atom. The van der Waals surface area contributed by atoms with Crippen LogP contribution in [-0.2, 0) is 0 Å². The summed E-state index contributed by atoms with van der Waals surface area (Å²) >= 11 is 1.52. The normalized spacial score (nSPS) is 10.9. The molecule has 3 aromatic heterocycles. The minimum absolute atomic E-state index is 0.112. The number of nitrogens with zero attached hydrogens (tertiary/aromatic N) is 1. The standard InChI is InChI=1S/C13H10N2OS/c1-8(16)11-2-3-12(17-11)9-4-6-14-13-10(9)5-7-15-13/h2-7H,1H3,(H,14,15). The van der Waals surface area contributed by atoms with E-state index < -0.39 is 0 Å². The SMILES string of the molecule is CC(=O)c1ccc(-c2ccnc3[nH]ccc23)s1. The van der Waals surface area contributed by atoms with Gasteiger partial charge >= 0.3 is 0 Å². The van der Waals surface area contributed by atoms with Crippen molar-refractivity contribution in [3.8, 4) is 10.4 Å². The number of H-pyrrole nitrogens is 1. The lowest BCUT2D eigenvalue weighted by Crippen LogP contribution is -1.83. The Bertz CT molecular complexity index is 696. The summed E-state index contributed by atoms with van der Waals surface area (Å²) in [4.78, 5) is 20.5. The summed E-state index contributed by atoms with van der Waals surface area (Å²) in [5.74, 6) is 0.112. The van der Waals surface area contributed by atoms with Gasteiger partial charge < -0.3 is 4.98 Å². The third-order valence-corrected chi connectivity index (χ3v) is 3.90. The molecule has 17 heavy (non-hydrogen) atoms. The van der Waals surface area contributed by atoms with E-state index in [4.69, 9.17) is 0 Å². The van der Waals surface area contributed by atoms with Crippen LogP contribution in [0.3, 0.4) is 0 Å². The summed E-state index contributed by atoms with van der Waals surface area (Å²) in [5, 5.41) is 1.09. The molecule has 0 atom stereocenters. The largest absolute Gasteiger partial charge is 0.346 e. The van der Waals surface area contributed by atoms with Crippen molar-refractivity contribution in [2.75, 3.05) is 0 Å². The van der Waals surface area contributed by atoms with Crippen LogP contribution in [0.25, 0.3) is 21.5 Å². The molecule has 0 aliphatic heterocycles. The Hall–Kier alpha value is -1.94. The lowest BCUT2D eigenvalue weighted by atomic mass is 10.1. The number of thiophene rings is 1. The first-order chi connectivity index (χ1) is 8.25. The zero-order valence-electron chi connectivity index (χ0n) is 9.23. The van der Waals surface area contributed by atoms with Crippen molar-refractivity contribution in [2.45, 2.75) is 6.92 Å². The number of carbonyl (C=O) groups excluding carboxylic acids is 1. The molecule has 0 spiro atoms. The van der Waals surface area contributed by atoms with Crippen molar-refractivity contribution in [3.63, 3.8) is 0 Å². The van der Waals surface area contributed by atoms with Crippen LogP contribution in [0.4, 0.5) is 0 Å². The molecule has 3 rings (SSSR count). The van der Waals surface area contributed by atoms with Gasteiger partial charge in [0.05, 0.1) is 4.88 Å². The van der Waals surface area contributed by atoms with Gasteiger partial charge in [0, 0.05) is 28.2 Å². The van der Waals surface area contributed by atoms with Gasteiger partial charge in [-0.2, -0.15) is 0 Å². The Morgan fingerprint density at radius 2 is 2.18 bits per heavy atom. The van der Waals surface area contributed by atoms with Crippen molar-refractivity contribution in [3.05, 3.63) is 41.5 Å². The molecule has 4 heteroatoms. The number of rotatable bonds is 2. The topological polar surface area (TPSA) is 45.8 Å². The Balaban J connectivity index is 2.19. The fraction of sp³-hybridized carbons (Fsp3) is 0.0769. The van der Waals surface area contributed by atoms with Gasteiger partial charge in [-0.15, -0.1) is 11.3 Å². The van der Waals surface area contributed by atoms with E-state index in [0.717, 1.165) is 26.4 Å². The molecule has 0 radical (unpaired) electrons. The van der Waals surface area contributed by atoms with E-state index in [1.807, 2.05) is 30.5 Å². The van der Waals surface area contributed by atoms with Crippen molar-refractivity contribution >= 4 is 28.2 Å². The zero-order valence-corrected chi connectivity index (χ0v) is 10.0. The highest BCUT2D eigenvalue weighted by atomic mass is 32.1. The maximum atomic E-state index is 11.3. The van der Waals surface area contributed by atoms with E-state index in [0.29, 0.717) is 0 Å². The molecule has 0 saturated heterocycles. The predicted molar refractivity (Wildman–Crippen MR) is 69.4 cm³/mol. The first-order valence-corrected chi connectivity index (χ1v) is 6.10. The van der Waals surface area contributed by atoms with E-state index in [1.54, 1.807) is 13.1 Å². The predicted octanol–water partition coefficient (Wildman–Crippen LogP) is 3.49. The van der Waals surface area contributed by atoms with Crippen molar-refractivity contribution in [1.29, 1.82) is 0 Å². The second-order valence-corrected chi connectivity index (χ2v) is 4.90. The lowest BCUT2D eigenvalue weighted by molar-refractivity contribution is 0.102. The van der Waals surface area contributed by atoms with Crippen molar-refractivity contribution in [1.82, 2.24) is 9.97 Å². The zero-order chi connectivity index (χ0) is 11.8. The highest BCUT2D eigenvalue weighted by Gasteiger charge is 2.09.